The van der Waals surface area contributed by atoms with E-state index in [-0.39, 0.29) is 11.6 Å². The molecule has 0 atom stereocenters. The van der Waals surface area contributed by atoms with Gasteiger partial charge in [0, 0.05) is 12.2 Å². The fraction of sp³-hybridized carbons (Fsp3) is 0.150. The molecule has 0 bridgehead atoms. The van der Waals surface area contributed by atoms with Crippen molar-refractivity contribution >= 4 is 17.4 Å². The minimum absolute atomic E-state index is 0.271. The van der Waals surface area contributed by atoms with Crippen LogP contribution in [0.15, 0.2) is 60.7 Å². The van der Waals surface area contributed by atoms with Crippen molar-refractivity contribution in [3.63, 3.8) is 0 Å². The van der Waals surface area contributed by atoms with E-state index in [1.165, 1.54) is 11.1 Å². The molecule has 25 heavy (non-hydrogen) atoms. The molecule has 0 radical (unpaired) electrons. The van der Waals surface area contributed by atoms with Gasteiger partial charge in [-0.3, -0.25) is 4.79 Å². The third-order valence-corrected chi connectivity index (χ3v) is 4.01. The number of aryl methyl sites for hydroxylation is 2. The van der Waals surface area contributed by atoms with Gasteiger partial charge in [-0.05, 0) is 48.7 Å². The molecular weight excluding hydrogens is 312 g/mol. The maximum absolute atomic E-state index is 12.3. The normalized spacial score (nSPS) is 10.3. The highest BCUT2D eigenvalue weighted by Gasteiger charge is 2.10. The Kier molecular flexibility index (Phi) is 5.04. The maximum Gasteiger partial charge on any atom is 0.276 e. The highest BCUT2D eigenvalue weighted by molar-refractivity contribution is 6.03. The second kappa shape index (κ2) is 7.57. The van der Waals surface area contributed by atoms with Crippen molar-refractivity contribution in [3.8, 4) is 0 Å². The van der Waals surface area contributed by atoms with Gasteiger partial charge in [0.05, 0.1) is 0 Å². The largest absolute Gasteiger partial charge is 0.364 e. The molecule has 3 rings (SSSR count). The molecular formula is C20H20N4O. The lowest BCUT2D eigenvalue weighted by Crippen LogP contribution is -2.15. The fourth-order valence-electron chi connectivity index (χ4n) is 2.44. The monoisotopic (exact) mass is 332 g/mol. The number of nitrogens with zero attached hydrogens (tertiary/aromatic N) is 2. The first-order valence-corrected chi connectivity index (χ1v) is 8.12. The number of benzene rings is 2. The van der Waals surface area contributed by atoms with Gasteiger partial charge in [-0.25, -0.2) is 0 Å². The highest BCUT2D eigenvalue weighted by Crippen LogP contribution is 2.15. The van der Waals surface area contributed by atoms with E-state index in [2.05, 4.69) is 39.9 Å². The lowest BCUT2D eigenvalue weighted by molar-refractivity contribution is 0.102. The number of aromatic nitrogens is 2. The van der Waals surface area contributed by atoms with E-state index in [1.807, 2.05) is 43.3 Å². The van der Waals surface area contributed by atoms with Crippen LogP contribution in [0.2, 0.25) is 0 Å². The smallest absolute Gasteiger partial charge is 0.276 e. The number of hydrogen-bond donors (Lipinski definition) is 2. The van der Waals surface area contributed by atoms with Crippen LogP contribution < -0.4 is 10.6 Å². The Balaban J connectivity index is 1.63. The van der Waals surface area contributed by atoms with Crippen molar-refractivity contribution in [2.75, 3.05) is 10.6 Å². The molecule has 0 fully saturated rings. The molecule has 0 unspecified atom stereocenters. The number of carbonyl (C=O) groups excluding carboxylic acids is 1. The van der Waals surface area contributed by atoms with Crippen molar-refractivity contribution in [2.45, 2.75) is 20.4 Å². The standard InChI is InChI=1S/C20H20N4O/c1-14-7-3-5-9-16(14)13-21-19-12-11-18(23-24-19)20(25)22-17-10-6-4-8-15(17)2/h3-12H,13H2,1-2H3,(H,21,24)(H,22,25). The van der Waals surface area contributed by atoms with Crippen molar-refractivity contribution in [3.05, 3.63) is 83.0 Å². The van der Waals surface area contributed by atoms with Crippen LogP contribution in [-0.4, -0.2) is 16.1 Å². The zero-order chi connectivity index (χ0) is 17.6. The van der Waals surface area contributed by atoms with Gasteiger partial charge in [0.15, 0.2) is 5.69 Å². The van der Waals surface area contributed by atoms with E-state index in [4.69, 9.17) is 0 Å². The van der Waals surface area contributed by atoms with Gasteiger partial charge in [-0.2, -0.15) is 0 Å². The first-order valence-electron chi connectivity index (χ1n) is 8.12. The van der Waals surface area contributed by atoms with Crippen LogP contribution >= 0.6 is 0 Å². The number of anilines is 2. The summed E-state index contributed by atoms with van der Waals surface area (Å²) < 4.78 is 0. The van der Waals surface area contributed by atoms with Crippen LogP contribution in [0.4, 0.5) is 11.5 Å². The van der Waals surface area contributed by atoms with Gasteiger partial charge < -0.3 is 10.6 Å². The van der Waals surface area contributed by atoms with Gasteiger partial charge >= 0.3 is 0 Å². The Morgan fingerprint density at radius 1 is 0.880 bits per heavy atom. The maximum atomic E-state index is 12.3. The first kappa shape index (κ1) is 16.6. The van der Waals surface area contributed by atoms with Crippen LogP contribution in [0.1, 0.15) is 27.2 Å². The molecule has 2 N–H and O–H groups in total. The number of hydrogen-bond acceptors (Lipinski definition) is 4. The Bertz CT molecular complexity index is 875. The summed E-state index contributed by atoms with van der Waals surface area (Å²) in [6.07, 6.45) is 0. The number of rotatable bonds is 5. The summed E-state index contributed by atoms with van der Waals surface area (Å²) in [6, 6.07) is 19.2. The molecule has 3 aromatic rings. The number of amides is 1. The predicted molar refractivity (Wildman–Crippen MR) is 99.7 cm³/mol. The van der Waals surface area contributed by atoms with Crippen LogP contribution in [-0.2, 0) is 6.54 Å². The lowest BCUT2D eigenvalue weighted by atomic mass is 10.1. The molecule has 0 aliphatic carbocycles. The molecule has 5 nitrogen and oxygen atoms in total. The third-order valence-electron chi connectivity index (χ3n) is 4.01. The average molecular weight is 332 g/mol. The minimum atomic E-state index is -0.271. The molecule has 1 heterocycles. The fourth-order valence-corrected chi connectivity index (χ4v) is 2.44. The summed E-state index contributed by atoms with van der Waals surface area (Å²) in [5.41, 5.74) is 4.48. The summed E-state index contributed by atoms with van der Waals surface area (Å²) in [5.74, 6) is 0.364. The van der Waals surface area contributed by atoms with Crippen molar-refractivity contribution in [1.82, 2.24) is 10.2 Å². The van der Waals surface area contributed by atoms with Crippen molar-refractivity contribution < 1.29 is 4.79 Å². The van der Waals surface area contributed by atoms with E-state index in [9.17, 15) is 4.79 Å². The van der Waals surface area contributed by atoms with Gasteiger partial charge in [0.25, 0.3) is 5.91 Å². The van der Waals surface area contributed by atoms with Crippen LogP contribution in [0.3, 0.4) is 0 Å². The number of carbonyl (C=O) groups is 1. The summed E-state index contributed by atoms with van der Waals surface area (Å²) in [5, 5.41) is 14.2. The molecule has 1 aromatic heterocycles. The van der Waals surface area contributed by atoms with Crippen molar-refractivity contribution in [2.24, 2.45) is 0 Å². The molecule has 2 aromatic carbocycles. The Labute approximate surface area is 147 Å². The molecule has 1 amide bonds. The topological polar surface area (TPSA) is 66.9 Å². The van der Waals surface area contributed by atoms with E-state index in [0.717, 1.165) is 11.3 Å². The van der Waals surface area contributed by atoms with Crippen LogP contribution in [0, 0.1) is 13.8 Å². The molecule has 5 heteroatoms. The summed E-state index contributed by atoms with van der Waals surface area (Å²) >= 11 is 0. The van der Waals surface area contributed by atoms with Gasteiger partial charge in [-0.15, -0.1) is 10.2 Å². The minimum Gasteiger partial charge on any atom is -0.364 e. The van der Waals surface area contributed by atoms with E-state index in [0.29, 0.717) is 12.4 Å². The Morgan fingerprint density at radius 2 is 1.60 bits per heavy atom. The average Bonchev–Trinajstić information content (AvgIpc) is 2.63. The van der Waals surface area contributed by atoms with Gasteiger partial charge in [0.2, 0.25) is 0 Å². The molecule has 0 spiro atoms. The predicted octanol–water partition coefficient (Wildman–Crippen LogP) is 3.96. The number of nitrogens with one attached hydrogen (secondary N) is 2. The molecule has 0 aliphatic rings. The van der Waals surface area contributed by atoms with Crippen LogP contribution in [0.25, 0.3) is 0 Å². The first-order chi connectivity index (χ1) is 12.1. The molecule has 0 aliphatic heterocycles. The molecule has 0 saturated carbocycles. The second-order valence-corrected chi connectivity index (χ2v) is 5.85. The van der Waals surface area contributed by atoms with Crippen LogP contribution in [0.5, 0.6) is 0 Å². The van der Waals surface area contributed by atoms with Gasteiger partial charge in [0.1, 0.15) is 5.82 Å². The van der Waals surface area contributed by atoms with Gasteiger partial charge in [-0.1, -0.05) is 42.5 Å². The third kappa shape index (κ3) is 4.20. The van der Waals surface area contributed by atoms with E-state index in [1.54, 1.807) is 12.1 Å². The number of para-hydroxylation sites is 1. The SMILES string of the molecule is Cc1ccccc1CNc1ccc(C(=O)Nc2ccccc2C)nn1. The highest BCUT2D eigenvalue weighted by atomic mass is 16.1. The van der Waals surface area contributed by atoms with E-state index >= 15 is 0 Å². The summed E-state index contributed by atoms with van der Waals surface area (Å²) in [6.45, 7) is 4.68. The molecule has 0 saturated heterocycles. The van der Waals surface area contributed by atoms with E-state index < -0.39 is 0 Å². The lowest BCUT2D eigenvalue weighted by Gasteiger charge is -2.09. The molecule has 126 valence electrons. The Morgan fingerprint density at radius 3 is 2.28 bits per heavy atom. The Hall–Kier alpha value is -3.21. The summed E-state index contributed by atoms with van der Waals surface area (Å²) in [4.78, 5) is 12.3. The quantitative estimate of drug-likeness (QED) is 0.742. The second-order valence-electron chi connectivity index (χ2n) is 5.85. The van der Waals surface area contributed by atoms with Crippen molar-refractivity contribution in [1.29, 1.82) is 0 Å². The zero-order valence-corrected chi connectivity index (χ0v) is 14.3. The summed E-state index contributed by atoms with van der Waals surface area (Å²) in [7, 11) is 0. The zero-order valence-electron chi connectivity index (χ0n) is 14.3.